The van der Waals surface area contributed by atoms with Gasteiger partial charge in [-0.3, -0.25) is 14.5 Å². The minimum absolute atomic E-state index is 0.230. The second-order valence-corrected chi connectivity index (χ2v) is 11.8. The van der Waals surface area contributed by atoms with Crippen LogP contribution in [0.3, 0.4) is 0 Å². The van der Waals surface area contributed by atoms with E-state index in [2.05, 4.69) is 5.10 Å². The molecule has 1 saturated heterocycles. The number of rotatable bonds is 4. The van der Waals surface area contributed by atoms with Gasteiger partial charge in [0.1, 0.15) is 9.84 Å². The number of methoxy groups -OCH3 is 1. The van der Waals surface area contributed by atoms with Crippen LogP contribution in [0.25, 0.3) is 11.1 Å². The van der Waals surface area contributed by atoms with Gasteiger partial charge in [-0.15, -0.1) is 0 Å². The van der Waals surface area contributed by atoms with Crippen LogP contribution >= 0.6 is 0 Å². The van der Waals surface area contributed by atoms with E-state index in [1.54, 1.807) is 35.9 Å². The van der Waals surface area contributed by atoms with Crippen LogP contribution in [0.15, 0.2) is 30.6 Å². The summed E-state index contributed by atoms with van der Waals surface area (Å²) in [5.41, 5.74) is 2.82. The average molecular weight is 505 g/mol. The monoisotopic (exact) mass is 504 g/mol. The summed E-state index contributed by atoms with van der Waals surface area (Å²) in [5.74, 6) is 0.730. The summed E-state index contributed by atoms with van der Waals surface area (Å²) < 4.78 is 35.7. The molecule has 35 heavy (non-hydrogen) atoms. The third-order valence-electron chi connectivity index (χ3n) is 6.43. The van der Waals surface area contributed by atoms with Gasteiger partial charge < -0.3 is 9.47 Å². The molecule has 0 bridgehead atoms. The van der Waals surface area contributed by atoms with Gasteiger partial charge in [0.2, 0.25) is 0 Å². The zero-order chi connectivity index (χ0) is 25.3. The van der Waals surface area contributed by atoms with Crippen LogP contribution in [0.1, 0.15) is 33.6 Å². The highest BCUT2D eigenvalue weighted by Gasteiger charge is 2.36. The second-order valence-electron chi connectivity index (χ2n) is 9.48. The van der Waals surface area contributed by atoms with Gasteiger partial charge in [-0.2, -0.15) is 5.10 Å². The van der Waals surface area contributed by atoms with Crippen molar-refractivity contribution in [3.8, 4) is 11.1 Å². The predicted molar refractivity (Wildman–Crippen MR) is 132 cm³/mol. The standard InChI is InChI=1S/C24H32N4O6S/c1-16(2)34-23(29)27-13-17(3)28(24(30)33-4)21-6-5-19(11-22(21)27)20-12-25-26(15-20)14-18-7-9-35(31,32)10-8-18/h5-6,11-12,15-18H,7-10,13-14H2,1-4H3. The van der Waals surface area contributed by atoms with E-state index >= 15 is 0 Å². The third-order valence-corrected chi connectivity index (χ3v) is 8.14. The number of nitrogens with zero attached hydrogens (tertiary/aromatic N) is 4. The number of ether oxygens (including phenoxy) is 2. The summed E-state index contributed by atoms with van der Waals surface area (Å²) >= 11 is 0. The molecule has 1 aromatic heterocycles. The third kappa shape index (κ3) is 5.44. The Morgan fingerprint density at radius 1 is 1.11 bits per heavy atom. The SMILES string of the molecule is COC(=O)N1c2ccc(-c3cnn(CC4CCS(=O)(=O)CC4)c3)cc2N(C(=O)OC(C)C)CC1C. The number of aromatic nitrogens is 2. The zero-order valence-corrected chi connectivity index (χ0v) is 21.3. The number of amides is 2. The van der Waals surface area contributed by atoms with Gasteiger partial charge in [-0.25, -0.2) is 18.0 Å². The summed E-state index contributed by atoms with van der Waals surface area (Å²) in [7, 11) is -1.57. The molecule has 1 aromatic carbocycles. The lowest BCUT2D eigenvalue weighted by molar-refractivity contribution is 0.121. The predicted octanol–water partition coefficient (Wildman–Crippen LogP) is 3.70. The van der Waals surface area contributed by atoms with Gasteiger partial charge in [-0.1, -0.05) is 6.07 Å². The molecule has 0 spiro atoms. The highest BCUT2D eigenvalue weighted by Crippen LogP contribution is 2.39. The molecule has 11 heteroatoms. The molecule has 1 fully saturated rings. The molecule has 2 aromatic rings. The van der Waals surface area contributed by atoms with Crippen molar-refractivity contribution in [2.24, 2.45) is 5.92 Å². The van der Waals surface area contributed by atoms with E-state index in [0.717, 1.165) is 11.1 Å². The summed E-state index contributed by atoms with van der Waals surface area (Å²) in [6.45, 7) is 6.35. The van der Waals surface area contributed by atoms with E-state index in [9.17, 15) is 18.0 Å². The number of benzene rings is 1. The van der Waals surface area contributed by atoms with Gasteiger partial charge in [0.05, 0.1) is 54.9 Å². The number of carbonyl (C=O) groups is 2. The Morgan fingerprint density at radius 2 is 1.83 bits per heavy atom. The molecule has 0 saturated carbocycles. The van der Waals surface area contributed by atoms with Crippen molar-refractivity contribution in [2.45, 2.75) is 52.3 Å². The van der Waals surface area contributed by atoms with Crippen molar-refractivity contribution >= 4 is 33.4 Å². The number of fused-ring (bicyclic) bond motifs is 1. The van der Waals surface area contributed by atoms with E-state index in [4.69, 9.17) is 9.47 Å². The van der Waals surface area contributed by atoms with Crippen molar-refractivity contribution < 1.29 is 27.5 Å². The van der Waals surface area contributed by atoms with Gasteiger partial charge >= 0.3 is 12.2 Å². The normalized spacial score (nSPS) is 20.0. The molecule has 1 atom stereocenters. The van der Waals surface area contributed by atoms with Crippen molar-refractivity contribution in [1.29, 1.82) is 0 Å². The molecule has 4 rings (SSSR count). The molecular formula is C24H32N4O6S. The Hall–Kier alpha value is -3.08. The van der Waals surface area contributed by atoms with Crippen molar-refractivity contribution in [3.05, 3.63) is 30.6 Å². The largest absolute Gasteiger partial charge is 0.452 e. The van der Waals surface area contributed by atoms with Crippen LogP contribution in [0.5, 0.6) is 0 Å². The smallest absolute Gasteiger partial charge is 0.414 e. The van der Waals surface area contributed by atoms with Crippen LogP contribution in [-0.2, 0) is 25.9 Å². The number of hydrogen-bond acceptors (Lipinski definition) is 7. The first-order valence-corrected chi connectivity index (χ1v) is 13.6. The molecule has 0 aliphatic carbocycles. The number of carbonyl (C=O) groups excluding carboxylic acids is 2. The van der Waals surface area contributed by atoms with Crippen molar-refractivity contribution in [3.63, 3.8) is 0 Å². The lowest BCUT2D eigenvalue weighted by Gasteiger charge is -2.40. The molecule has 0 N–H and O–H groups in total. The van der Waals surface area contributed by atoms with Crippen LogP contribution < -0.4 is 9.80 Å². The van der Waals surface area contributed by atoms with Crippen LogP contribution in [-0.4, -0.2) is 67.7 Å². The first kappa shape index (κ1) is 25.0. The van der Waals surface area contributed by atoms with E-state index < -0.39 is 22.0 Å². The Bertz CT molecular complexity index is 1190. The average Bonchev–Trinajstić information content (AvgIpc) is 3.27. The van der Waals surface area contributed by atoms with Crippen LogP contribution in [0, 0.1) is 5.92 Å². The minimum Gasteiger partial charge on any atom is -0.452 e. The number of anilines is 2. The van der Waals surface area contributed by atoms with E-state index in [1.807, 2.05) is 29.9 Å². The summed E-state index contributed by atoms with van der Waals surface area (Å²) in [4.78, 5) is 28.5. The van der Waals surface area contributed by atoms with Gasteiger partial charge in [0, 0.05) is 18.3 Å². The minimum atomic E-state index is -2.90. The first-order valence-electron chi connectivity index (χ1n) is 11.8. The van der Waals surface area contributed by atoms with Gasteiger partial charge in [0.25, 0.3) is 0 Å². The maximum atomic E-state index is 12.9. The van der Waals surface area contributed by atoms with Crippen LogP contribution in [0.4, 0.5) is 21.0 Å². The highest BCUT2D eigenvalue weighted by molar-refractivity contribution is 7.91. The topological polar surface area (TPSA) is 111 Å². The van der Waals surface area contributed by atoms with E-state index in [-0.39, 0.29) is 36.1 Å². The van der Waals surface area contributed by atoms with E-state index in [1.165, 1.54) is 7.11 Å². The molecule has 10 nitrogen and oxygen atoms in total. The quantitative estimate of drug-likeness (QED) is 0.624. The molecule has 2 aliphatic heterocycles. The molecule has 0 radical (unpaired) electrons. The lowest BCUT2D eigenvalue weighted by Crippen LogP contribution is -2.52. The summed E-state index contributed by atoms with van der Waals surface area (Å²) in [6, 6.07) is 5.24. The summed E-state index contributed by atoms with van der Waals surface area (Å²) in [5, 5.41) is 4.47. The molecule has 2 amide bonds. The Morgan fingerprint density at radius 3 is 2.49 bits per heavy atom. The Kier molecular flexibility index (Phi) is 7.07. The molecule has 2 aliphatic rings. The molecule has 3 heterocycles. The maximum Gasteiger partial charge on any atom is 0.414 e. The Balaban J connectivity index is 1.62. The fourth-order valence-corrected chi connectivity index (χ4v) is 6.21. The zero-order valence-electron chi connectivity index (χ0n) is 20.5. The van der Waals surface area contributed by atoms with E-state index in [0.29, 0.717) is 30.8 Å². The van der Waals surface area contributed by atoms with Crippen LogP contribution in [0.2, 0.25) is 0 Å². The second kappa shape index (κ2) is 9.88. The Labute approximate surface area is 205 Å². The summed E-state index contributed by atoms with van der Waals surface area (Å²) in [6.07, 6.45) is 3.71. The lowest BCUT2D eigenvalue weighted by atomic mass is 10.0. The molecule has 1 unspecified atom stereocenters. The molecular weight excluding hydrogens is 472 g/mol. The van der Waals surface area contributed by atoms with Crippen molar-refractivity contribution in [1.82, 2.24) is 9.78 Å². The first-order chi connectivity index (χ1) is 16.6. The van der Waals surface area contributed by atoms with Gasteiger partial charge in [-0.05, 0) is 57.2 Å². The van der Waals surface area contributed by atoms with Gasteiger partial charge in [0.15, 0.2) is 0 Å². The maximum absolute atomic E-state index is 12.9. The molecule has 190 valence electrons. The van der Waals surface area contributed by atoms with Crippen molar-refractivity contribution in [2.75, 3.05) is 35.0 Å². The fraction of sp³-hybridized carbons (Fsp3) is 0.542. The number of hydrogen-bond donors (Lipinski definition) is 0. The highest BCUT2D eigenvalue weighted by atomic mass is 32.2. The number of sulfone groups is 1. The fourth-order valence-electron chi connectivity index (χ4n) is 4.62.